The first-order valence-corrected chi connectivity index (χ1v) is 14.9. The van der Waals surface area contributed by atoms with Gasteiger partial charge in [0.15, 0.2) is 10.7 Å². The lowest BCUT2D eigenvalue weighted by molar-refractivity contribution is -0.113. The average molecular weight is 584 g/mol. The fourth-order valence-electron chi connectivity index (χ4n) is 5.31. The van der Waals surface area contributed by atoms with E-state index in [0.29, 0.717) is 38.7 Å². The summed E-state index contributed by atoms with van der Waals surface area (Å²) in [6, 6.07) is 20.0. The number of aromatic nitrogens is 1. The van der Waals surface area contributed by atoms with Gasteiger partial charge in [0.05, 0.1) is 28.5 Å². The van der Waals surface area contributed by atoms with Crippen molar-refractivity contribution in [3.05, 3.63) is 109 Å². The highest BCUT2D eigenvalue weighted by molar-refractivity contribution is 7.07. The second-order valence-electron chi connectivity index (χ2n) is 10.4. The number of carbonyl (C=O) groups is 1. The molecule has 0 radical (unpaired) electrons. The molecule has 0 bridgehead atoms. The van der Waals surface area contributed by atoms with Gasteiger partial charge in [-0.3, -0.25) is 14.2 Å². The van der Waals surface area contributed by atoms with E-state index in [1.807, 2.05) is 80.6 Å². The molecule has 1 saturated heterocycles. The lowest BCUT2D eigenvalue weighted by atomic mass is 9.95. The van der Waals surface area contributed by atoms with Crippen molar-refractivity contribution in [1.82, 2.24) is 9.47 Å². The Balaban J connectivity index is 1.40. The van der Waals surface area contributed by atoms with E-state index in [1.165, 1.54) is 11.3 Å². The summed E-state index contributed by atoms with van der Waals surface area (Å²) in [6.45, 7) is 8.01. The third kappa shape index (κ3) is 5.55. The van der Waals surface area contributed by atoms with Crippen LogP contribution in [-0.2, 0) is 4.79 Å². The maximum Gasteiger partial charge on any atom is 0.271 e. The summed E-state index contributed by atoms with van der Waals surface area (Å²) in [5.41, 5.74) is 2.20. The van der Waals surface area contributed by atoms with Gasteiger partial charge in [-0.05, 0) is 56.8 Å². The topological polar surface area (TPSA) is 92.3 Å². The van der Waals surface area contributed by atoms with Crippen LogP contribution in [0.3, 0.4) is 0 Å². The highest BCUT2D eigenvalue weighted by Gasteiger charge is 2.32. The van der Waals surface area contributed by atoms with Crippen molar-refractivity contribution >= 4 is 34.9 Å². The third-order valence-corrected chi connectivity index (χ3v) is 8.49. The van der Waals surface area contributed by atoms with Crippen LogP contribution in [0.5, 0.6) is 5.75 Å². The number of amides is 1. The number of likely N-dealkylation sites (N-methyl/N-ethyl adjacent to an activating group) is 1. The lowest BCUT2D eigenvalue weighted by Gasteiger charge is -2.32. The monoisotopic (exact) mass is 583 g/mol. The molecule has 10 heteroatoms. The number of hydrogen-bond acceptors (Lipinski definition) is 8. The summed E-state index contributed by atoms with van der Waals surface area (Å²) >= 11 is 1.29. The molecule has 2 aromatic carbocycles. The van der Waals surface area contributed by atoms with Gasteiger partial charge in [-0.15, -0.1) is 0 Å². The molecule has 9 nitrogen and oxygen atoms in total. The number of benzene rings is 2. The Bertz CT molecular complexity index is 1800. The number of fused-ring (bicyclic) bond motifs is 1. The van der Waals surface area contributed by atoms with Crippen molar-refractivity contribution in [3.63, 3.8) is 0 Å². The SMILES string of the molecule is CCOc1ccc([C@H]2C(C(=O)Nc3ccccc3)=C(C)N=c3s/c(=C/c4ccc(N5CCN(C)CC5)o4)c(=O)n32)cc1. The molecule has 2 aliphatic rings. The standard InChI is InChI=1S/C32H33N5O4S/c1-4-40-24-12-10-22(11-13-24)29-28(30(38)34-23-8-6-5-7-9-23)21(2)33-32-37(29)31(39)26(42-32)20-25-14-15-27(41-25)36-18-16-35(3)17-19-36/h5-15,20,29H,4,16-19H2,1-3H3,(H,34,38)/b26-20+/t29-/m0/s1. The fourth-order valence-corrected chi connectivity index (χ4v) is 6.33. The number of carbonyl (C=O) groups excluding carboxylic acids is 1. The molecule has 0 aliphatic carbocycles. The first-order chi connectivity index (χ1) is 20.4. The van der Waals surface area contributed by atoms with Crippen molar-refractivity contribution in [2.75, 3.05) is 50.1 Å². The number of nitrogens with zero attached hydrogens (tertiary/aromatic N) is 4. The van der Waals surface area contributed by atoms with Gasteiger partial charge in [-0.25, -0.2) is 4.99 Å². The number of furan rings is 1. The van der Waals surface area contributed by atoms with Crippen molar-refractivity contribution < 1.29 is 13.9 Å². The number of hydrogen-bond donors (Lipinski definition) is 1. The first kappa shape index (κ1) is 27.7. The van der Waals surface area contributed by atoms with Crippen molar-refractivity contribution in [3.8, 4) is 5.75 Å². The molecule has 0 saturated carbocycles. The normalized spacial score (nSPS) is 17.6. The number of ether oxygens (including phenoxy) is 1. The predicted molar refractivity (Wildman–Crippen MR) is 165 cm³/mol. The van der Waals surface area contributed by atoms with E-state index >= 15 is 0 Å². The first-order valence-electron chi connectivity index (χ1n) is 14.1. The van der Waals surface area contributed by atoms with Gasteiger partial charge in [0.1, 0.15) is 11.5 Å². The van der Waals surface area contributed by atoms with E-state index in [0.717, 1.165) is 43.4 Å². The lowest BCUT2D eigenvalue weighted by Crippen LogP contribution is -2.44. The Morgan fingerprint density at radius 1 is 1.07 bits per heavy atom. The maximum atomic E-state index is 14.0. The molecular weight excluding hydrogens is 550 g/mol. The minimum atomic E-state index is -0.666. The summed E-state index contributed by atoms with van der Waals surface area (Å²) in [4.78, 5) is 37.5. The van der Waals surface area contributed by atoms with Gasteiger partial charge in [-0.2, -0.15) is 0 Å². The van der Waals surface area contributed by atoms with Crippen LogP contribution in [0.25, 0.3) is 6.08 Å². The molecule has 0 spiro atoms. The predicted octanol–water partition coefficient (Wildman–Crippen LogP) is 3.62. The Labute approximate surface area is 247 Å². The number of anilines is 2. The second kappa shape index (κ2) is 11.8. The molecule has 6 rings (SSSR count). The van der Waals surface area contributed by atoms with Crippen LogP contribution < -0.4 is 29.8 Å². The summed E-state index contributed by atoms with van der Waals surface area (Å²) in [5, 5.41) is 2.98. The zero-order valence-corrected chi connectivity index (χ0v) is 24.7. The molecule has 1 N–H and O–H groups in total. The number of thiazole rings is 1. The van der Waals surface area contributed by atoms with Crippen LogP contribution in [0.4, 0.5) is 11.6 Å². The van der Waals surface area contributed by atoms with Crippen LogP contribution in [0.15, 0.2) is 92.2 Å². The van der Waals surface area contributed by atoms with Crippen LogP contribution in [0.2, 0.25) is 0 Å². The smallest absolute Gasteiger partial charge is 0.271 e. The quantitative estimate of drug-likeness (QED) is 0.358. The highest BCUT2D eigenvalue weighted by Crippen LogP contribution is 2.32. The van der Waals surface area contributed by atoms with Crippen LogP contribution in [0.1, 0.15) is 31.2 Å². The van der Waals surface area contributed by atoms with E-state index in [1.54, 1.807) is 10.6 Å². The van der Waals surface area contributed by atoms with E-state index < -0.39 is 6.04 Å². The molecule has 216 valence electrons. The number of allylic oxidation sites excluding steroid dienone is 1. The van der Waals surface area contributed by atoms with E-state index in [4.69, 9.17) is 14.1 Å². The van der Waals surface area contributed by atoms with Crippen molar-refractivity contribution in [2.24, 2.45) is 4.99 Å². The molecule has 42 heavy (non-hydrogen) atoms. The van der Waals surface area contributed by atoms with Crippen molar-refractivity contribution in [2.45, 2.75) is 19.9 Å². The zero-order valence-electron chi connectivity index (χ0n) is 23.9. The zero-order chi connectivity index (χ0) is 29.2. The Hall–Kier alpha value is -4.41. The molecule has 2 aliphatic heterocycles. The second-order valence-corrected chi connectivity index (χ2v) is 11.4. The van der Waals surface area contributed by atoms with Gasteiger partial charge in [0.25, 0.3) is 11.5 Å². The number of para-hydroxylation sites is 1. The summed E-state index contributed by atoms with van der Waals surface area (Å²) < 4.78 is 13.9. The third-order valence-electron chi connectivity index (χ3n) is 7.51. The molecule has 1 fully saturated rings. The Morgan fingerprint density at radius 3 is 2.52 bits per heavy atom. The van der Waals surface area contributed by atoms with Gasteiger partial charge in [-0.1, -0.05) is 41.7 Å². The van der Waals surface area contributed by atoms with E-state index in [2.05, 4.69) is 22.2 Å². The van der Waals surface area contributed by atoms with Gasteiger partial charge in [0, 0.05) is 44.0 Å². The van der Waals surface area contributed by atoms with Crippen molar-refractivity contribution in [1.29, 1.82) is 0 Å². The highest BCUT2D eigenvalue weighted by atomic mass is 32.1. The number of nitrogens with one attached hydrogen (secondary N) is 1. The number of rotatable bonds is 7. The van der Waals surface area contributed by atoms with Crippen LogP contribution >= 0.6 is 11.3 Å². The Kier molecular flexibility index (Phi) is 7.82. The summed E-state index contributed by atoms with van der Waals surface area (Å²) in [6.07, 6.45) is 1.77. The molecule has 1 amide bonds. The minimum absolute atomic E-state index is 0.229. The fraction of sp³-hybridized carbons (Fsp3) is 0.281. The van der Waals surface area contributed by atoms with Crippen LogP contribution in [-0.4, -0.2) is 55.2 Å². The number of piperazine rings is 1. The largest absolute Gasteiger partial charge is 0.494 e. The molecule has 1 atom stereocenters. The van der Waals surface area contributed by atoms with E-state index in [-0.39, 0.29) is 11.5 Å². The van der Waals surface area contributed by atoms with Gasteiger partial charge >= 0.3 is 0 Å². The Morgan fingerprint density at radius 2 is 1.81 bits per heavy atom. The molecule has 2 aromatic heterocycles. The van der Waals surface area contributed by atoms with Gasteiger partial charge < -0.3 is 24.3 Å². The maximum absolute atomic E-state index is 14.0. The molecular formula is C32H33N5O4S. The van der Waals surface area contributed by atoms with Gasteiger partial charge in [0.2, 0.25) is 0 Å². The summed E-state index contributed by atoms with van der Waals surface area (Å²) in [5.74, 6) is 1.81. The van der Waals surface area contributed by atoms with E-state index in [9.17, 15) is 9.59 Å². The molecule has 4 aromatic rings. The minimum Gasteiger partial charge on any atom is -0.494 e. The molecule has 0 unspecified atom stereocenters. The molecule has 4 heterocycles. The van der Waals surface area contributed by atoms with Crippen LogP contribution in [0, 0.1) is 0 Å². The summed E-state index contributed by atoms with van der Waals surface area (Å²) in [7, 11) is 2.11. The average Bonchev–Trinajstić information content (AvgIpc) is 3.58.